The predicted molar refractivity (Wildman–Crippen MR) is 71.9 cm³/mol. The first-order chi connectivity index (χ1) is 8.33. The molecule has 0 saturated carbocycles. The molecule has 0 aliphatic carbocycles. The van der Waals surface area contributed by atoms with E-state index in [1.807, 2.05) is 0 Å². The van der Waals surface area contributed by atoms with Gasteiger partial charge in [-0.05, 0) is 12.5 Å². The zero-order chi connectivity index (χ0) is 14.4. The largest absolute Gasteiger partial charge is 1.00 e. The van der Waals surface area contributed by atoms with Gasteiger partial charge in [-0.2, -0.15) is 0 Å². The molecule has 0 fully saturated rings. The normalized spacial score (nSPS) is 9.79. The first-order valence-electron chi connectivity index (χ1n) is 6.19. The minimum atomic E-state index is -3.97. The minimum absolute atomic E-state index is 0. The van der Waals surface area contributed by atoms with Crippen LogP contribution in [0, 0.1) is 0 Å². The third-order valence-corrected chi connectivity index (χ3v) is 2.99. The van der Waals surface area contributed by atoms with Crippen LogP contribution in [0.25, 0.3) is 0 Å². The van der Waals surface area contributed by atoms with Gasteiger partial charge in [-0.1, -0.05) is 52.0 Å². The molecule has 0 aromatic heterocycles. The van der Waals surface area contributed by atoms with Crippen LogP contribution in [-0.4, -0.2) is 24.6 Å². The first kappa shape index (κ1) is 24.2. The molecule has 0 rings (SSSR count). The number of carbonyl (C=O) groups is 1. The molecule has 19 heavy (non-hydrogen) atoms. The number of hydrogen-bond donors (Lipinski definition) is 1. The van der Waals surface area contributed by atoms with Gasteiger partial charge >= 0.3 is 29.6 Å². The van der Waals surface area contributed by atoms with Crippen LogP contribution in [0.3, 0.4) is 0 Å². The molecular formula is C12H24NNaO4S. The molecule has 108 valence electrons. The fourth-order valence-corrected chi connectivity index (χ4v) is 1.79. The van der Waals surface area contributed by atoms with E-state index in [-0.39, 0.29) is 35.3 Å². The topological polar surface area (TPSA) is 100 Å². The molecule has 0 bridgehead atoms. The van der Waals surface area contributed by atoms with Crippen LogP contribution in [0.5, 0.6) is 0 Å². The molecule has 0 aliphatic rings. The zero-order valence-corrected chi connectivity index (χ0v) is 14.9. The summed E-state index contributed by atoms with van der Waals surface area (Å²) >= 11 is 0. The number of unbranched alkanes of at least 4 members (excludes halogenated alkanes) is 6. The van der Waals surface area contributed by atoms with Gasteiger partial charge < -0.3 is 10.3 Å². The zero-order valence-electron chi connectivity index (χ0n) is 12.1. The van der Waals surface area contributed by atoms with Crippen molar-refractivity contribution in [3.05, 3.63) is 12.7 Å². The summed E-state index contributed by atoms with van der Waals surface area (Å²) in [4.78, 5) is 9.47. The van der Waals surface area contributed by atoms with Crippen LogP contribution < -0.4 is 35.3 Å². The summed E-state index contributed by atoms with van der Waals surface area (Å²) in [6.07, 6.45) is 8.35. The van der Waals surface area contributed by atoms with Gasteiger partial charge in [0.2, 0.25) is 5.91 Å². The SMILES string of the molecule is C=CC(N)=O.CCCCCCCCCS(=O)(=O)[O-].[Na+]. The van der Waals surface area contributed by atoms with Crippen molar-refractivity contribution < 1.29 is 47.3 Å². The molecule has 0 spiro atoms. The van der Waals surface area contributed by atoms with Crippen LogP contribution in [0.1, 0.15) is 51.9 Å². The van der Waals surface area contributed by atoms with Gasteiger partial charge in [0.15, 0.2) is 0 Å². The molecule has 0 saturated heterocycles. The standard InChI is InChI=1S/C9H20O3S.C3H5NO.Na/c1-2-3-4-5-6-7-8-9-13(10,11)12;1-2-3(4)5;/h2-9H2,1H3,(H,10,11,12);2H,1H2,(H2,4,5);/q;;+1/p-1. The van der Waals surface area contributed by atoms with Gasteiger partial charge in [0, 0.05) is 5.75 Å². The molecule has 0 aromatic rings. The Balaban J connectivity index is -0.000000366. The van der Waals surface area contributed by atoms with Crippen LogP contribution in [0.4, 0.5) is 0 Å². The number of amides is 1. The van der Waals surface area contributed by atoms with Crippen molar-refractivity contribution in [1.82, 2.24) is 0 Å². The maximum Gasteiger partial charge on any atom is 1.00 e. The van der Waals surface area contributed by atoms with Gasteiger partial charge in [-0.25, -0.2) is 8.42 Å². The Hall–Kier alpha value is 0.120. The second-order valence-corrected chi connectivity index (χ2v) is 5.51. The van der Waals surface area contributed by atoms with E-state index in [1.165, 1.54) is 19.3 Å². The fourth-order valence-electron chi connectivity index (χ4n) is 1.24. The average Bonchev–Trinajstić information content (AvgIpc) is 2.27. The van der Waals surface area contributed by atoms with Gasteiger partial charge in [0.05, 0.1) is 10.1 Å². The molecule has 0 aromatic carbocycles. The quantitative estimate of drug-likeness (QED) is 0.254. The molecule has 0 radical (unpaired) electrons. The Morgan fingerprint density at radius 3 is 1.84 bits per heavy atom. The van der Waals surface area contributed by atoms with Crippen molar-refractivity contribution in [2.24, 2.45) is 5.73 Å². The number of carbonyl (C=O) groups excluding carboxylic acids is 1. The Morgan fingerprint density at radius 2 is 1.53 bits per heavy atom. The Morgan fingerprint density at radius 1 is 1.16 bits per heavy atom. The molecular weight excluding hydrogens is 277 g/mol. The maximum absolute atomic E-state index is 10.2. The maximum atomic E-state index is 10.2. The van der Waals surface area contributed by atoms with E-state index in [1.54, 1.807) is 0 Å². The van der Waals surface area contributed by atoms with Crippen molar-refractivity contribution in [1.29, 1.82) is 0 Å². The molecule has 0 aliphatic heterocycles. The van der Waals surface area contributed by atoms with Gasteiger partial charge in [-0.15, -0.1) is 0 Å². The Kier molecular flexibility index (Phi) is 20.6. The first-order valence-corrected chi connectivity index (χ1v) is 7.76. The van der Waals surface area contributed by atoms with E-state index in [2.05, 4.69) is 19.2 Å². The van der Waals surface area contributed by atoms with Crippen molar-refractivity contribution in [3.8, 4) is 0 Å². The van der Waals surface area contributed by atoms with Crippen LogP contribution in [-0.2, 0) is 14.9 Å². The summed E-state index contributed by atoms with van der Waals surface area (Å²) in [5, 5.41) is 0. The van der Waals surface area contributed by atoms with E-state index >= 15 is 0 Å². The molecule has 1 amide bonds. The van der Waals surface area contributed by atoms with E-state index in [0.717, 1.165) is 25.3 Å². The Labute approximate surface area is 139 Å². The molecule has 0 atom stereocenters. The van der Waals surface area contributed by atoms with Crippen LogP contribution in [0.15, 0.2) is 12.7 Å². The molecule has 0 heterocycles. The van der Waals surface area contributed by atoms with Crippen molar-refractivity contribution in [3.63, 3.8) is 0 Å². The summed E-state index contributed by atoms with van der Waals surface area (Å²) in [7, 11) is -3.97. The van der Waals surface area contributed by atoms with E-state index in [0.29, 0.717) is 6.42 Å². The molecule has 2 N–H and O–H groups in total. The van der Waals surface area contributed by atoms with Gasteiger partial charge in [0.25, 0.3) is 0 Å². The third-order valence-electron chi connectivity index (χ3n) is 2.20. The summed E-state index contributed by atoms with van der Waals surface area (Å²) in [5.74, 6) is -0.675. The summed E-state index contributed by atoms with van der Waals surface area (Å²) in [5.41, 5.74) is 4.53. The second kappa shape index (κ2) is 16.2. The van der Waals surface area contributed by atoms with E-state index in [4.69, 9.17) is 0 Å². The predicted octanol–water partition coefficient (Wildman–Crippen LogP) is -1.06. The Bertz CT molecular complexity index is 318. The smallest absolute Gasteiger partial charge is 0.748 e. The number of primary amides is 1. The van der Waals surface area contributed by atoms with Crippen LogP contribution >= 0.6 is 0 Å². The number of hydrogen-bond acceptors (Lipinski definition) is 4. The molecule has 0 unspecified atom stereocenters. The van der Waals surface area contributed by atoms with E-state index in [9.17, 15) is 17.8 Å². The molecule has 7 heteroatoms. The number of nitrogens with two attached hydrogens (primary N) is 1. The third kappa shape index (κ3) is 32.1. The minimum Gasteiger partial charge on any atom is -0.748 e. The van der Waals surface area contributed by atoms with Crippen LogP contribution in [0.2, 0.25) is 0 Å². The van der Waals surface area contributed by atoms with Crippen molar-refractivity contribution in [2.45, 2.75) is 51.9 Å². The fraction of sp³-hybridized carbons (Fsp3) is 0.750. The summed E-state index contributed by atoms with van der Waals surface area (Å²) < 4.78 is 30.6. The van der Waals surface area contributed by atoms with Crippen molar-refractivity contribution in [2.75, 3.05) is 5.75 Å². The van der Waals surface area contributed by atoms with E-state index < -0.39 is 16.0 Å². The van der Waals surface area contributed by atoms with Gasteiger partial charge in [-0.3, -0.25) is 4.79 Å². The summed E-state index contributed by atoms with van der Waals surface area (Å²) in [6, 6.07) is 0. The average molecular weight is 301 g/mol. The monoisotopic (exact) mass is 301 g/mol. The van der Waals surface area contributed by atoms with Crippen molar-refractivity contribution >= 4 is 16.0 Å². The second-order valence-electron chi connectivity index (χ2n) is 3.99. The van der Waals surface area contributed by atoms with Gasteiger partial charge in [0.1, 0.15) is 0 Å². The summed E-state index contributed by atoms with van der Waals surface area (Å²) in [6.45, 7) is 5.24. The number of rotatable bonds is 9. The molecule has 5 nitrogen and oxygen atoms in total.